The predicted octanol–water partition coefficient (Wildman–Crippen LogP) is 1.31. The maximum atomic E-state index is 10.2. The molecule has 2 heteroatoms. The lowest BCUT2D eigenvalue weighted by molar-refractivity contribution is -0.136. The fourth-order valence-electron chi connectivity index (χ4n) is 0.770. The normalized spacial score (nSPS) is 9.20. The first kappa shape index (κ1) is 6.81. The Bertz CT molecular complexity index is 216. The SMILES string of the molecule is O=C(O)[13CH2]c1ccccc1. The van der Waals surface area contributed by atoms with Crippen LogP contribution >= 0.6 is 0 Å². The van der Waals surface area contributed by atoms with Crippen LogP contribution in [0.2, 0.25) is 0 Å². The Morgan fingerprint density at radius 2 is 1.90 bits per heavy atom. The Hall–Kier alpha value is -1.31. The molecule has 0 saturated heterocycles. The van der Waals surface area contributed by atoms with Gasteiger partial charge in [-0.25, -0.2) is 0 Å². The van der Waals surface area contributed by atoms with E-state index in [-0.39, 0.29) is 6.42 Å². The summed E-state index contributed by atoms with van der Waals surface area (Å²) in [6.45, 7) is 0. The molecule has 0 aliphatic rings. The average Bonchev–Trinajstić information content (AvgIpc) is 1.88. The third kappa shape index (κ3) is 1.90. The van der Waals surface area contributed by atoms with E-state index in [0.717, 1.165) is 5.56 Å². The Kier molecular flexibility index (Phi) is 2.05. The minimum atomic E-state index is -0.786. The second kappa shape index (κ2) is 3.01. The van der Waals surface area contributed by atoms with Crippen molar-refractivity contribution in [3.05, 3.63) is 35.9 Å². The lowest BCUT2D eigenvalue weighted by atomic mass is 10.3. The van der Waals surface area contributed by atoms with Gasteiger partial charge in [0.25, 0.3) is 0 Å². The quantitative estimate of drug-likeness (QED) is 0.624. The molecular formula is C8H8O2. The van der Waals surface area contributed by atoms with Crippen molar-refractivity contribution in [3.63, 3.8) is 0 Å². The van der Waals surface area contributed by atoms with E-state index < -0.39 is 5.97 Å². The summed E-state index contributed by atoms with van der Waals surface area (Å²) in [6, 6.07) is 9.13. The van der Waals surface area contributed by atoms with E-state index in [0.29, 0.717) is 0 Å². The molecule has 0 atom stereocenters. The molecule has 0 spiro atoms. The van der Waals surface area contributed by atoms with Crippen LogP contribution in [0.1, 0.15) is 5.56 Å². The van der Waals surface area contributed by atoms with Crippen LogP contribution in [0.4, 0.5) is 0 Å². The van der Waals surface area contributed by atoms with Crippen LogP contribution in [0.25, 0.3) is 0 Å². The molecular weight excluding hydrogens is 129 g/mol. The molecule has 0 amide bonds. The number of hydrogen-bond donors (Lipinski definition) is 1. The summed E-state index contributed by atoms with van der Waals surface area (Å²) in [5, 5.41) is 8.37. The molecule has 1 aromatic rings. The monoisotopic (exact) mass is 137 g/mol. The number of hydrogen-bond acceptors (Lipinski definition) is 1. The molecule has 1 aromatic carbocycles. The summed E-state index contributed by atoms with van der Waals surface area (Å²) < 4.78 is 0. The lowest BCUT2D eigenvalue weighted by Crippen LogP contribution is -1.98. The second-order valence-electron chi connectivity index (χ2n) is 2.06. The van der Waals surface area contributed by atoms with Crippen molar-refractivity contribution in [2.24, 2.45) is 0 Å². The van der Waals surface area contributed by atoms with Gasteiger partial charge in [0, 0.05) is 0 Å². The Morgan fingerprint density at radius 3 is 2.40 bits per heavy atom. The fourth-order valence-corrected chi connectivity index (χ4v) is 0.770. The van der Waals surface area contributed by atoms with Gasteiger partial charge < -0.3 is 5.11 Å². The number of carbonyl (C=O) groups is 1. The first-order valence-electron chi connectivity index (χ1n) is 3.05. The van der Waals surface area contributed by atoms with Crippen LogP contribution < -0.4 is 0 Å². The van der Waals surface area contributed by atoms with E-state index >= 15 is 0 Å². The molecule has 0 aliphatic heterocycles. The van der Waals surface area contributed by atoms with Gasteiger partial charge in [-0.15, -0.1) is 0 Å². The van der Waals surface area contributed by atoms with Gasteiger partial charge in [-0.2, -0.15) is 0 Å². The molecule has 0 fully saturated rings. The minimum Gasteiger partial charge on any atom is -0.481 e. The zero-order valence-electron chi connectivity index (χ0n) is 5.45. The molecule has 2 nitrogen and oxygen atoms in total. The van der Waals surface area contributed by atoms with Gasteiger partial charge in [-0.1, -0.05) is 30.3 Å². The second-order valence-corrected chi connectivity index (χ2v) is 2.06. The summed E-state index contributed by atoms with van der Waals surface area (Å²) in [5.74, 6) is -0.786. The van der Waals surface area contributed by atoms with E-state index in [1.165, 1.54) is 0 Å². The Morgan fingerprint density at radius 1 is 1.30 bits per heavy atom. The molecule has 0 saturated carbocycles. The van der Waals surface area contributed by atoms with Gasteiger partial charge in [-0.3, -0.25) is 4.79 Å². The van der Waals surface area contributed by atoms with Crippen molar-refractivity contribution in [3.8, 4) is 0 Å². The number of benzene rings is 1. The van der Waals surface area contributed by atoms with E-state index in [2.05, 4.69) is 0 Å². The largest absolute Gasteiger partial charge is 0.481 e. The first-order chi connectivity index (χ1) is 4.79. The molecule has 0 bridgehead atoms. The highest BCUT2D eigenvalue weighted by atomic mass is 16.4. The summed E-state index contributed by atoms with van der Waals surface area (Å²) in [6.07, 6.45) is 0.112. The van der Waals surface area contributed by atoms with Crippen LogP contribution in [0.15, 0.2) is 30.3 Å². The molecule has 0 unspecified atom stereocenters. The van der Waals surface area contributed by atoms with Gasteiger partial charge in [0.05, 0.1) is 6.42 Å². The summed E-state index contributed by atoms with van der Waals surface area (Å²) in [5.41, 5.74) is 0.843. The predicted molar refractivity (Wildman–Crippen MR) is 37.8 cm³/mol. The highest BCUT2D eigenvalue weighted by Crippen LogP contribution is 1.98. The fraction of sp³-hybridized carbons (Fsp3) is 0.125. The lowest BCUT2D eigenvalue weighted by Gasteiger charge is -1.92. The number of rotatable bonds is 2. The van der Waals surface area contributed by atoms with Gasteiger partial charge in [0.1, 0.15) is 0 Å². The number of aliphatic carboxylic acids is 1. The van der Waals surface area contributed by atoms with Gasteiger partial charge in [-0.05, 0) is 5.56 Å². The highest BCUT2D eigenvalue weighted by molar-refractivity contribution is 5.70. The summed E-state index contributed by atoms with van der Waals surface area (Å²) >= 11 is 0. The van der Waals surface area contributed by atoms with Crippen LogP contribution in [0.5, 0.6) is 0 Å². The number of carboxylic acid groups (broad SMARTS) is 1. The third-order valence-corrected chi connectivity index (χ3v) is 1.20. The Labute approximate surface area is 59.1 Å². The smallest absolute Gasteiger partial charge is 0.307 e. The molecule has 1 rings (SSSR count). The van der Waals surface area contributed by atoms with Crippen molar-refractivity contribution in [2.75, 3.05) is 0 Å². The van der Waals surface area contributed by atoms with E-state index in [1.807, 2.05) is 18.2 Å². The van der Waals surface area contributed by atoms with Crippen LogP contribution in [0, 0.1) is 0 Å². The molecule has 52 valence electrons. The van der Waals surface area contributed by atoms with E-state index in [4.69, 9.17) is 5.11 Å². The van der Waals surface area contributed by atoms with Gasteiger partial charge in [0.15, 0.2) is 0 Å². The van der Waals surface area contributed by atoms with E-state index in [1.54, 1.807) is 12.1 Å². The molecule has 1 N–H and O–H groups in total. The van der Waals surface area contributed by atoms with Crippen molar-refractivity contribution in [1.29, 1.82) is 0 Å². The maximum Gasteiger partial charge on any atom is 0.307 e. The average molecular weight is 137 g/mol. The minimum absolute atomic E-state index is 0.112. The van der Waals surface area contributed by atoms with Crippen LogP contribution in [-0.4, -0.2) is 11.1 Å². The summed E-state index contributed by atoms with van der Waals surface area (Å²) in [4.78, 5) is 10.2. The molecule has 10 heavy (non-hydrogen) atoms. The standard InChI is InChI=1S/C8H8O2/c9-8(10)6-7-4-2-1-3-5-7/h1-5H,6H2,(H,9,10)/i6+1. The maximum absolute atomic E-state index is 10.2. The molecule has 0 aromatic heterocycles. The topological polar surface area (TPSA) is 37.3 Å². The van der Waals surface area contributed by atoms with Crippen molar-refractivity contribution < 1.29 is 9.90 Å². The van der Waals surface area contributed by atoms with Crippen LogP contribution in [-0.2, 0) is 11.2 Å². The van der Waals surface area contributed by atoms with Crippen molar-refractivity contribution >= 4 is 5.97 Å². The molecule has 0 radical (unpaired) electrons. The van der Waals surface area contributed by atoms with Crippen molar-refractivity contribution in [2.45, 2.75) is 6.42 Å². The highest BCUT2D eigenvalue weighted by Gasteiger charge is 1.96. The number of carboxylic acids is 1. The van der Waals surface area contributed by atoms with Crippen molar-refractivity contribution in [1.82, 2.24) is 0 Å². The van der Waals surface area contributed by atoms with Gasteiger partial charge >= 0.3 is 5.97 Å². The van der Waals surface area contributed by atoms with E-state index in [9.17, 15) is 4.79 Å². The molecule has 0 aliphatic carbocycles. The zero-order chi connectivity index (χ0) is 7.40. The van der Waals surface area contributed by atoms with Gasteiger partial charge in [0.2, 0.25) is 0 Å². The summed E-state index contributed by atoms with van der Waals surface area (Å²) in [7, 11) is 0. The third-order valence-electron chi connectivity index (χ3n) is 1.20. The van der Waals surface area contributed by atoms with Crippen LogP contribution in [0.3, 0.4) is 0 Å². The zero-order valence-corrected chi connectivity index (χ0v) is 5.45. The first-order valence-corrected chi connectivity index (χ1v) is 3.05. The Balaban J connectivity index is 2.67. The molecule has 0 heterocycles.